The van der Waals surface area contributed by atoms with Crippen LogP contribution in [-0.2, 0) is 11.3 Å². The van der Waals surface area contributed by atoms with Crippen LogP contribution >= 0.6 is 12.2 Å². The van der Waals surface area contributed by atoms with Gasteiger partial charge < -0.3 is 9.72 Å². The second kappa shape index (κ2) is 4.58. The topological polar surface area (TPSA) is 47.0 Å². The van der Waals surface area contributed by atoms with Crippen molar-refractivity contribution in [2.45, 2.75) is 31.4 Å². The molecule has 1 fully saturated rings. The molecule has 1 aliphatic rings. The number of hydrogen-bond acceptors (Lipinski definition) is 3. The van der Waals surface area contributed by atoms with Crippen LogP contribution in [-0.4, -0.2) is 22.3 Å². The molecule has 1 aliphatic carbocycles. The molecule has 19 heavy (non-hydrogen) atoms. The number of ether oxygens (including phenoxy) is 1. The summed E-state index contributed by atoms with van der Waals surface area (Å²) in [6, 6.07) is 7.44. The number of para-hydroxylation sites is 1. The van der Waals surface area contributed by atoms with Gasteiger partial charge in [-0.05, 0) is 43.6 Å². The molecule has 0 radical (unpaired) electrons. The smallest absolute Gasteiger partial charge is 0.262 e. The van der Waals surface area contributed by atoms with Crippen molar-refractivity contribution in [1.82, 2.24) is 9.55 Å². The second-order valence-corrected chi connectivity index (χ2v) is 5.49. The van der Waals surface area contributed by atoms with Gasteiger partial charge in [-0.2, -0.15) is 0 Å². The molecule has 0 atom stereocenters. The second-order valence-electron chi connectivity index (χ2n) is 5.11. The van der Waals surface area contributed by atoms with Gasteiger partial charge in [0.05, 0.1) is 23.0 Å². The zero-order valence-electron chi connectivity index (χ0n) is 10.8. The summed E-state index contributed by atoms with van der Waals surface area (Å²) in [4.78, 5) is 15.6. The Morgan fingerprint density at radius 1 is 1.42 bits per heavy atom. The van der Waals surface area contributed by atoms with Gasteiger partial charge in [-0.15, -0.1) is 0 Å². The molecule has 0 bridgehead atoms. The number of fused-ring (bicyclic) bond motifs is 1. The monoisotopic (exact) mass is 276 g/mol. The molecule has 1 saturated carbocycles. The highest BCUT2D eigenvalue weighted by atomic mass is 32.1. The first-order valence-electron chi connectivity index (χ1n) is 6.42. The van der Waals surface area contributed by atoms with Crippen molar-refractivity contribution in [1.29, 1.82) is 0 Å². The third-order valence-corrected chi connectivity index (χ3v) is 4.36. The van der Waals surface area contributed by atoms with Gasteiger partial charge in [0, 0.05) is 7.11 Å². The molecule has 0 spiro atoms. The lowest BCUT2D eigenvalue weighted by molar-refractivity contribution is -0.0844. The number of methoxy groups -OCH3 is 1. The SMILES string of the molecule is COC1(Cn2c(=S)[nH]c3ccccc3c2=O)CCC1. The first-order chi connectivity index (χ1) is 9.15. The number of rotatable bonds is 3. The Kier molecular flexibility index (Phi) is 3.03. The Hall–Kier alpha value is -1.46. The summed E-state index contributed by atoms with van der Waals surface area (Å²) in [5.74, 6) is 0. The maximum atomic E-state index is 12.5. The van der Waals surface area contributed by atoms with Crippen molar-refractivity contribution in [3.63, 3.8) is 0 Å². The molecule has 100 valence electrons. The molecule has 4 nitrogen and oxygen atoms in total. The minimum Gasteiger partial charge on any atom is -0.376 e. The lowest BCUT2D eigenvalue weighted by atomic mass is 9.80. The fourth-order valence-electron chi connectivity index (χ4n) is 2.63. The minimum absolute atomic E-state index is 0.0392. The lowest BCUT2D eigenvalue weighted by Crippen LogP contribution is -2.45. The van der Waals surface area contributed by atoms with E-state index in [1.165, 1.54) is 0 Å². The van der Waals surface area contributed by atoms with Gasteiger partial charge in [0.1, 0.15) is 0 Å². The maximum absolute atomic E-state index is 12.5. The van der Waals surface area contributed by atoms with E-state index in [9.17, 15) is 4.79 Å². The Balaban J connectivity index is 2.14. The normalized spacial score (nSPS) is 17.3. The third kappa shape index (κ3) is 2.03. The summed E-state index contributed by atoms with van der Waals surface area (Å²) in [5.41, 5.74) is 0.532. The highest BCUT2D eigenvalue weighted by Gasteiger charge is 2.37. The minimum atomic E-state index is -0.215. The number of aromatic amines is 1. The highest BCUT2D eigenvalue weighted by molar-refractivity contribution is 7.71. The zero-order chi connectivity index (χ0) is 13.5. The molecule has 0 unspecified atom stereocenters. The van der Waals surface area contributed by atoms with E-state index < -0.39 is 0 Å². The predicted octanol–water partition coefficient (Wildman–Crippen LogP) is 2.63. The summed E-state index contributed by atoms with van der Waals surface area (Å²) in [7, 11) is 1.71. The van der Waals surface area contributed by atoms with E-state index in [4.69, 9.17) is 17.0 Å². The summed E-state index contributed by atoms with van der Waals surface area (Å²) < 4.78 is 7.67. The fraction of sp³-hybridized carbons (Fsp3) is 0.429. The molecule has 1 N–H and O–H groups in total. The molecule has 0 aliphatic heterocycles. The van der Waals surface area contributed by atoms with Crippen LogP contribution in [0, 0.1) is 4.77 Å². The Labute approximate surface area is 116 Å². The van der Waals surface area contributed by atoms with Gasteiger partial charge in [-0.3, -0.25) is 9.36 Å². The molecule has 1 heterocycles. The zero-order valence-corrected chi connectivity index (χ0v) is 11.6. The van der Waals surface area contributed by atoms with Crippen molar-refractivity contribution in [2.24, 2.45) is 0 Å². The molecule has 3 rings (SSSR count). The average Bonchev–Trinajstić information content (AvgIpc) is 2.37. The molecule has 2 aromatic rings. The predicted molar refractivity (Wildman–Crippen MR) is 77.0 cm³/mol. The quantitative estimate of drug-likeness (QED) is 0.877. The van der Waals surface area contributed by atoms with E-state index in [0.29, 0.717) is 16.7 Å². The van der Waals surface area contributed by atoms with E-state index in [-0.39, 0.29) is 11.2 Å². The molecular weight excluding hydrogens is 260 g/mol. The van der Waals surface area contributed by atoms with Gasteiger partial charge in [-0.1, -0.05) is 12.1 Å². The van der Waals surface area contributed by atoms with Gasteiger partial charge in [-0.25, -0.2) is 0 Å². The largest absolute Gasteiger partial charge is 0.376 e. The van der Waals surface area contributed by atoms with Crippen molar-refractivity contribution in [3.8, 4) is 0 Å². The van der Waals surface area contributed by atoms with Crippen molar-refractivity contribution >= 4 is 23.1 Å². The van der Waals surface area contributed by atoms with Crippen LogP contribution in [0.15, 0.2) is 29.1 Å². The van der Waals surface area contributed by atoms with Gasteiger partial charge in [0.25, 0.3) is 5.56 Å². The van der Waals surface area contributed by atoms with Crippen molar-refractivity contribution in [2.75, 3.05) is 7.11 Å². The summed E-state index contributed by atoms with van der Waals surface area (Å²) in [6.45, 7) is 0.530. The van der Waals surface area contributed by atoms with E-state index in [0.717, 1.165) is 24.8 Å². The molecule has 0 saturated heterocycles. The number of nitrogens with zero attached hydrogens (tertiary/aromatic N) is 1. The highest BCUT2D eigenvalue weighted by Crippen LogP contribution is 2.36. The van der Waals surface area contributed by atoms with Crippen LogP contribution in [0.25, 0.3) is 10.9 Å². The van der Waals surface area contributed by atoms with E-state index >= 15 is 0 Å². The molecular formula is C14H16N2O2S. The van der Waals surface area contributed by atoms with Crippen molar-refractivity contribution < 1.29 is 4.74 Å². The fourth-order valence-corrected chi connectivity index (χ4v) is 2.89. The van der Waals surface area contributed by atoms with Crippen LogP contribution in [0.5, 0.6) is 0 Å². The Morgan fingerprint density at radius 3 is 2.79 bits per heavy atom. The van der Waals surface area contributed by atoms with E-state index in [1.54, 1.807) is 11.7 Å². The third-order valence-electron chi connectivity index (χ3n) is 4.03. The van der Waals surface area contributed by atoms with Crippen LogP contribution in [0.4, 0.5) is 0 Å². The number of nitrogens with one attached hydrogen (secondary N) is 1. The maximum Gasteiger partial charge on any atom is 0.262 e. The standard InChI is InChI=1S/C14H16N2O2S/c1-18-14(7-4-8-14)9-16-12(17)10-5-2-3-6-11(10)15-13(16)19/h2-3,5-6H,4,7-9H2,1H3,(H,15,19). The van der Waals surface area contributed by atoms with Gasteiger partial charge in [0.2, 0.25) is 0 Å². The van der Waals surface area contributed by atoms with Crippen LogP contribution in [0.2, 0.25) is 0 Å². The molecule has 0 amide bonds. The molecule has 5 heteroatoms. The van der Waals surface area contributed by atoms with Gasteiger partial charge >= 0.3 is 0 Å². The summed E-state index contributed by atoms with van der Waals surface area (Å²) in [5, 5.41) is 0.668. The first-order valence-corrected chi connectivity index (χ1v) is 6.83. The van der Waals surface area contributed by atoms with Gasteiger partial charge in [0.15, 0.2) is 4.77 Å². The Morgan fingerprint density at radius 2 is 2.16 bits per heavy atom. The molecule has 1 aromatic heterocycles. The average molecular weight is 276 g/mol. The van der Waals surface area contributed by atoms with E-state index in [1.807, 2.05) is 24.3 Å². The van der Waals surface area contributed by atoms with Crippen LogP contribution < -0.4 is 5.56 Å². The number of aromatic nitrogens is 2. The number of H-pyrrole nitrogens is 1. The molecule has 1 aromatic carbocycles. The van der Waals surface area contributed by atoms with Crippen LogP contribution in [0.3, 0.4) is 0 Å². The lowest BCUT2D eigenvalue weighted by Gasteiger charge is -2.40. The summed E-state index contributed by atoms with van der Waals surface area (Å²) in [6.07, 6.45) is 3.11. The van der Waals surface area contributed by atoms with Crippen molar-refractivity contribution in [3.05, 3.63) is 39.4 Å². The van der Waals surface area contributed by atoms with E-state index in [2.05, 4.69) is 4.98 Å². The first kappa shape index (κ1) is 12.6. The summed E-state index contributed by atoms with van der Waals surface area (Å²) >= 11 is 5.31. The van der Waals surface area contributed by atoms with Crippen LogP contribution in [0.1, 0.15) is 19.3 Å². The Bertz CT molecular complexity index is 723. The number of benzene rings is 1. The number of hydrogen-bond donors (Lipinski definition) is 1.